The predicted molar refractivity (Wildman–Crippen MR) is 71.8 cm³/mol. The van der Waals surface area contributed by atoms with Gasteiger partial charge in [-0.05, 0) is 31.1 Å². The Balaban J connectivity index is 1.66. The average molecular weight is 268 g/mol. The molecule has 0 radical (unpaired) electrons. The number of nitrogens with one attached hydrogen (secondary N) is 2. The predicted octanol–water partition coefficient (Wildman–Crippen LogP) is 1.98. The van der Waals surface area contributed by atoms with Gasteiger partial charge in [0.1, 0.15) is 0 Å². The zero-order valence-corrected chi connectivity index (χ0v) is 11.6. The van der Waals surface area contributed by atoms with E-state index in [9.17, 15) is 9.59 Å². The Morgan fingerprint density at radius 1 is 1.21 bits per heavy atom. The summed E-state index contributed by atoms with van der Waals surface area (Å²) in [4.78, 5) is 22.6. The van der Waals surface area contributed by atoms with Crippen LogP contribution < -0.4 is 10.6 Å². The van der Waals surface area contributed by atoms with Crippen molar-refractivity contribution in [2.45, 2.75) is 45.4 Å². The third-order valence-corrected chi connectivity index (χ3v) is 4.71. The second kappa shape index (κ2) is 5.80. The number of carboxylic acids is 1. The molecule has 5 heteroatoms. The van der Waals surface area contributed by atoms with Crippen LogP contribution in [0.5, 0.6) is 0 Å². The largest absolute Gasteiger partial charge is 0.481 e. The van der Waals surface area contributed by atoms with Crippen molar-refractivity contribution in [3.8, 4) is 0 Å². The highest BCUT2D eigenvalue weighted by Gasteiger charge is 2.50. The molecule has 19 heavy (non-hydrogen) atoms. The maximum atomic E-state index is 11.7. The first-order valence-corrected chi connectivity index (χ1v) is 7.29. The summed E-state index contributed by atoms with van der Waals surface area (Å²) >= 11 is 0. The second-order valence-corrected chi connectivity index (χ2v) is 6.17. The van der Waals surface area contributed by atoms with Crippen molar-refractivity contribution in [1.82, 2.24) is 10.6 Å². The Morgan fingerprint density at radius 3 is 2.47 bits per heavy atom. The van der Waals surface area contributed by atoms with E-state index in [-0.39, 0.29) is 12.6 Å². The number of carbonyl (C=O) groups is 2. The Kier molecular flexibility index (Phi) is 4.32. The lowest BCUT2D eigenvalue weighted by atomic mass is 9.80. The second-order valence-electron chi connectivity index (χ2n) is 6.17. The fraction of sp³-hybridized carbons (Fsp3) is 0.857. The van der Waals surface area contributed by atoms with Crippen LogP contribution in [0.4, 0.5) is 4.79 Å². The zero-order valence-electron chi connectivity index (χ0n) is 11.6. The summed E-state index contributed by atoms with van der Waals surface area (Å²) < 4.78 is 0. The molecule has 2 aliphatic rings. The average Bonchev–Trinajstić information content (AvgIpc) is 3.16. The summed E-state index contributed by atoms with van der Waals surface area (Å²) in [5.41, 5.74) is -0.685. The van der Waals surface area contributed by atoms with E-state index in [1.165, 1.54) is 25.7 Å². The van der Waals surface area contributed by atoms with Crippen LogP contribution in [0.1, 0.15) is 45.4 Å². The van der Waals surface area contributed by atoms with Crippen molar-refractivity contribution in [3.63, 3.8) is 0 Å². The topological polar surface area (TPSA) is 78.4 Å². The quantitative estimate of drug-likeness (QED) is 0.713. The molecular weight excluding hydrogens is 244 g/mol. The lowest BCUT2D eigenvalue weighted by Crippen LogP contribution is -2.43. The lowest BCUT2D eigenvalue weighted by Gasteiger charge is -2.28. The van der Waals surface area contributed by atoms with Crippen molar-refractivity contribution in [1.29, 1.82) is 0 Å². The van der Waals surface area contributed by atoms with E-state index in [0.29, 0.717) is 31.2 Å². The van der Waals surface area contributed by atoms with E-state index < -0.39 is 11.4 Å². The van der Waals surface area contributed by atoms with Gasteiger partial charge in [0.25, 0.3) is 0 Å². The molecule has 2 saturated carbocycles. The van der Waals surface area contributed by atoms with Gasteiger partial charge >= 0.3 is 12.0 Å². The van der Waals surface area contributed by atoms with Crippen LogP contribution >= 0.6 is 0 Å². The van der Waals surface area contributed by atoms with Crippen molar-refractivity contribution in [2.75, 3.05) is 13.1 Å². The lowest BCUT2D eigenvalue weighted by molar-refractivity contribution is -0.143. The molecule has 0 aromatic carbocycles. The van der Waals surface area contributed by atoms with Gasteiger partial charge in [-0.3, -0.25) is 4.79 Å². The summed E-state index contributed by atoms with van der Waals surface area (Å²) in [6.07, 6.45) is 6.31. The van der Waals surface area contributed by atoms with Gasteiger partial charge in [0.2, 0.25) is 0 Å². The molecule has 2 rings (SSSR count). The molecule has 2 fully saturated rings. The minimum absolute atomic E-state index is 0.231. The first kappa shape index (κ1) is 14.2. The molecule has 0 heterocycles. The van der Waals surface area contributed by atoms with Crippen molar-refractivity contribution < 1.29 is 14.7 Å². The molecular formula is C14H24N2O3. The maximum absolute atomic E-state index is 11.7. The Bertz CT molecular complexity index is 353. The van der Waals surface area contributed by atoms with Gasteiger partial charge in [-0.2, -0.15) is 0 Å². The highest BCUT2D eigenvalue weighted by molar-refractivity contribution is 5.80. The number of carboxylic acid groups (broad SMARTS) is 1. The minimum atomic E-state index is -0.797. The Hall–Kier alpha value is -1.26. The van der Waals surface area contributed by atoms with E-state index in [2.05, 4.69) is 17.6 Å². The van der Waals surface area contributed by atoms with Crippen LogP contribution in [0.25, 0.3) is 0 Å². The highest BCUT2D eigenvalue weighted by Crippen LogP contribution is 2.45. The van der Waals surface area contributed by atoms with Crippen LogP contribution in [0.2, 0.25) is 0 Å². The van der Waals surface area contributed by atoms with E-state index in [4.69, 9.17) is 5.11 Å². The molecule has 2 aliphatic carbocycles. The van der Waals surface area contributed by atoms with E-state index >= 15 is 0 Å². The fourth-order valence-electron chi connectivity index (χ4n) is 2.85. The molecule has 0 aromatic heterocycles. The number of carbonyl (C=O) groups excluding carboxylic acids is 1. The minimum Gasteiger partial charge on any atom is -0.481 e. The summed E-state index contributed by atoms with van der Waals surface area (Å²) in [6.45, 7) is 3.19. The molecule has 0 aliphatic heterocycles. The monoisotopic (exact) mass is 268 g/mol. The molecule has 5 nitrogen and oxygen atoms in total. The zero-order chi connectivity index (χ0) is 13.9. The van der Waals surface area contributed by atoms with Crippen LogP contribution in [0, 0.1) is 17.3 Å². The molecule has 0 bridgehead atoms. The fourth-order valence-corrected chi connectivity index (χ4v) is 2.85. The van der Waals surface area contributed by atoms with E-state index in [0.717, 1.165) is 0 Å². The van der Waals surface area contributed by atoms with Gasteiger partial charge in [0.15, 0.2) is 0 Å². The van der Waals surface area contributed by atoms with Crippen LogP contribution in [0.15, 0.2) is 0 Å². The van der Waals surface area contributed by atoms with Crippen molar-refractivity contribution in [3.05, 3.63) is 0 Å². The smallest absolute Gasteiger partial charge is 0.314 e. The number of urea groups is 1. The molecule has 2 unspecified atom stereocenters. The van der Waals surface area contributed by atoms with Crippen LogP contribution in [-0.4, -0.2) is 30.2 Å². The van der Waals surface area contributed by atoms with Gasteiger partial charge < -0.3 is 15.7 Å². The van der Waals surface area contributed by atoms with Gasteiger partial charge in [-0.25, -0.2) is 4.79 Å². The first-order valence-electron chi connectivity index (χ1n) is 7.29. The summed E-state index contributed by atoms with van der Waals surface area (Å²) in [5.74, 6) is 0.436. The van der Waals surface area contributed by atoms with Crippen LogP contribution in [-0.2, 0) is 4.79 Å². The van der Waals surface area contributed by atoms with Crippen LogP contribution in [0.3, 0.4) is 0 Å². The van der Waals surface area contributed by atoms with Crippen molar-refractivity contribution >= 4 is 12.0 Å². The molecule has 0 spiro atoms. The maximum Gasteiger partial charge on any atom is 0.314 e. The SMILES string of the molecule is CC1CCCCC1CNC(=O)NCC1(C(=O)O)CC1. The van der Waals surface area contributed by atoms with Gasteiger partial charge in [0.05, 0.1) is 5.41 Å². The summed E-state index contributed by atoms with van der Waals surface area (Å²) in [5, 5.41) is 14.6. The normalized spacial score (nSPS) is 28.5. The molecule has 108 valence electrons. The van der Waals surface area contributed by atoms with E-state index in [1.54, 1.807) is 0 Å². The summed E-state index contributed by atoms with van der Waals surface area (Å²) in [6, 6.07) is -0.231. The third kappa shape index (κ3) is 3.61. The number of hydrogen-bond donors (Lipinski definition) is 3. The third-order valence-electron chi connectivity index (χ3n) is 4.71. The summed E-state index contributed by atoms with van der Waals surface area (Å²) in [7, 11) is 0. The molecule has 0 saturated heterocycles. The first-order chi connectivity index (χ1) is 9.03. The van der Waals surface area contributed by atoms with Gasteiger partial charge in [-0.1, -0.05) is 26.2 Å². The standard InChI is InChI=1S/C14H24N2O3/c1-10-4-2-3-5-11(10)8-15-13(19)16-9-14(6-7-14)12(17)18/h10-11H,2-9H2,1H3,(H,17,18)(H2,15,16,19). The van der Waals surface area contributed by atoms with Crippen molar-refractivity contribution in [2.24, 2.45) is 17.3 Å². The number of rotatable bonds is 5. The highest BCUT2D eigenvalue weighted by atomic mass is 16.4. The van der Waals surface area contributed by atoms with Gasteiger partial charge in [-0.15, -0.1) is 0 Å². The van der Waals surface area contributed by atoms with E-state index in [1.807, 2.05) is 0 Å². The number of aliphatic carboxylic acids is 1. The number of hydrogen-bond acceptors (Lipinski definition) is 2. The molecule has 0 aromatic rings. The number of amides is 2. The molecule has 3 N–H and O–H groups in total. The molecule has 2 amide bonds. The Morgan fingerprint density at radius 2 is 1.89 bits per heavy atom. The Labute approximate surface area is 114 Å². The van der Waals surface area contributed by atoms with Gasteiger partial charge in [0, 0.05) is 13.1 Å². The molecule has 2 atom stereocenters.